The van der Waals surface area contributed by atoms with E-state index in [4.69, 9.17) is 0 Å². The van der Waals surface area contributed by atoms with Crippen LogP contribution in [0, 0.1) is 0 Å². The van der Waals surface area contributed by atoms with Gasteiger partial charge in [-0.1, -0.05) is 0 Å². The van der Waals surface area contributed by atoms with E-state index in [2.05, 4.69) is 4.18 Å². The Bertz CT molecular complexity index is 115. The first-order valence-electron chi connectivity index (χ1n) is 1.32. The molecular weight excluding hydrogens is 211 g/mol. The summed E-state index contributed by atoms with van der Waals surface area (Å²) in [4.78, 5) is 0. The molecule has 0 N–H and O–H groups in total. The van der Waals surface area contributed by atoms with Crippen molar-refractivity contribution in [2.75, 3.05) is 13.4 Å². The molecule has 0 bridgehead atoms. The van der Waals surface area contributed by atoms with Gasteiger partial charge in [-0.15, -0.1) is 0 Å². The molecule has 3 nitrogen and oxygen atoms in total. The molecule has 0 amide bonds. The molecule has 5 heteroatoms. The predicted molar refractivity (Wildman–Crippen MR) is 21.9 cm³/mol. The molecule has 0 saturated carbocycles. The Balaban J connectivity index is 0. The Hall–Kier alpha value is 0.572. The topological polar surface area (TPSA) is 43.4 Å². The van der Waals surface area contributed by atoms with Crippen LogP contribution < -0.4 is 0 Å². The van der Waals surface area contributed by atoms with Crippen LogP contribution in [-0.2, 0) is 34.7 Å². The third-order valence-corrected chi connectivity index (χ3v) is 0.908. The zero-order valence-corrected chi connectivity index (χ0v) is 6.32. The molecule has 0 unspecified atom stereocenters. The first-order valence-corrected chi connectivity index (χ1v) is 3.13. The van der Waals surface area contributed by atoms with E-state index in [0.29, 0.717) is 0 Å². The monoisotopic (exact) mass is 216 g/mol. The van der Waals surface area contributed by atoms with Gasteiger partial charge in [0.1, 0.15) is 0 Å². The second kappa shape index (κ2) is 3.56. The van der Waals surface area contributed by atoms with Crippen LogP contribution in [0.25, 0.3) is 0 Å². The van der Waals surface area contributed by atoms with Gasteiger partial charge in [0.05, 0.1) is 13.4 Å². The van der Waals surface area contributed by atoms with Crippen LogP contribution in [0.3, 0.4) is 0 Å². The smallest absolute Gasteiger partial charge is 0.274 e. The van der Waals surface area contributed by atoms with E-state index in [9.17, 15) is 8.42 Å². The Morgan fingerprint density at radius 2 is 1.57 bits per heavy atom. The molecule has 0 fully saturated rings. The van der Waals surface area contributed by atoms with Gasteiger partial charge in [0.25, 0.3) is 10.1 Å². The van der Waals surface area contributed by atoms with Gasteiger partial charge in [0, 0.05) is 0 Å². The summed E-state index contributed by atoms with van der Waals surface area (Å²) in [7, 11) is -2.04. The van der Waals surface area contributed by atoms with Crippen molar-refractivity contribution in [1.29, 1.82) is 0 Å². The van der Waals surface area contributed by atoms with E-state index in [1.165, 1.54) is 0 Å². The van der Waals surface area contributed by atoms with E-state index >= 15 is 0 Å². The van der Waals surface area contributed by atoms with Crippen LogP contribution in [0.5, 0.6) is 0 Å². The third kappa shape index (κ3) is 10.8. The molecule has 0 aromatic carbocycles. The number of rotatable bonds is 1. The zero-order valence-electron chi connectivity index (χ0n) is 3.95. The molecule has 0 rings (SSSR count). The maximum atomic E-state index is 9.78. The quantitative estimate of drug-likeness (QED) is 0.442. The maximum absolute atomic E-state index is 9.78. The van der Waals surface area contributed by atoms with E-state index in [1.54, 1.807) is 0 Å². The second-order valence-electron chi connectivity index (χ2n) is 0.871. The van der Waals surface area contributed by atoms with E-state index in [1.807, 2.05) is 0 Å². The minimum atomic E-state index is -3.16. The number of hydrogen-bond donors (Lipinski definition) is 0. The SMILES string of the molecule is COS(C)(=O)=O.[Pd+2]. The molecule has 0 spiro atoms. The average molecular weight is 217 g/mol. The molecule has 46 valence electrons. The van der Waals surface area contributed by atoms with Crippen molar-refractivity contribution >= 4 is 10.1 Å². The van der Waals surface area contributed by atoms with Gasteiger partial charge in [-0.3, -0.25) is 4.18 Å². The minimum absolute atomic E-state index is 0. The summed E-state index contributed by atoms with van der Waals surface area (Å²) in [5, 5.41) is 0. The summed E-state index contributed by atoms with van der Waals surface area (Å²) in [5.41, 5.74) is 0. The summed E-state index contributed by atoms with van der Waals surface area (Å²) in [6, 6.07) is 0. The summed E-state index contributed by atoms with van der Waals surface area (Å²) in [6.45, 7) is 0. The molecule has 0 aliphatic heterocycles. The summed E-state index contributed by atoms with van der Waals surface area (Å²) >= 11 is 0. The van der Waals surface area contributed by atoms with Crippen molar-refractivity contribution in [3.63, 3.8) is 0 Å². The summed E-state index contributed by atoms with van der Waals surface area (Å²) in [5.74, 6) is 0. The second-order valence-corrected chi connectivity index (χ2v) is 2.61. The van der Waals surface area contributed by atoms with Crippen LogP contribution in [0.1, 0.15) is 0 Å². The molecule has 0 saturated heterocycles. The molecular formula is C2H6O3PdS+2. The van der Waals surface area contributed by atoms with Gasteiger partial charge in [-0.25, -0.2) is 0 Å². The minimum Gasteiger partial charge on any atom is -0.274 e. The Kier molecular flexibility index (Phi) is 5.36. The van der Waals surface area contributed by atoms with Crippen molar-refractivity contribution in [2.24, 2.45) is 0 Å². The van der Waals surface area contributed by atoms with Crippen LogP contribution in [0.2, 0.25) is 0 Å². The standard InChI is InChI=1S/C2H6O3S.Pd/c1-5-6(2,3)4;/h1-2H3;/q;+2. The van der Waals surface area contributed by atoms with Crippen molar-refractivity contribution in [3.8, 4) is 0 Å². The Morgan fingerprint density at radius 3 is 1.57 bits per heavy atom. The molecule has 7 heavy (non-hydrogen) atoms. The predicted octanol–water partition coefficient (Wildman–Crippen LogP) is -0.410. The fraction of sp³-hybridized carbons (Fsp3) is 1.00. The van der Waals surface area contributed by atoms with Gasteiger partial charge in [0.15, 0.2) is 0 Å². The first kappa shape index (κ1) is 10.5. The van der Waals surface area contributed by atoms with Crippen LogP contribution in [0.15, 0.2) is 0 Å². The first-order chi connectivity index (χ1) is 2.56. The van der Waals surface area contributed by atoms with Gasteiger partial charge < -0.3 is 0 Å². The molecule has 0 aliphatic rings. The molecule has 0 radical (unpaired) electrons. The summed E-state index contributed by atoms with van der Waals surface area (Å²) < 4.78 is 23.5. The largest absolute Gasteiger partial charge is 2.00 e. The normalized spacial score (nSPS) is 10.0. The Morgan fingerprint density at radius 1 is 1.43 bits per heavy atom. The molecule has 0 aromatic rings. The summed E-state index contributed by atoms with van der Waals surface area (Å²) in [6.07, 6.45) is 0.993. The van der Waals surface area contributed by atoms with Gasteiger partial charge in [-0.2, -0.15) is 8.42 Å². The fourth-order valence-electron chi connectivity index (χ4n) is 0. The van der Waals surface area contributed by atoms with Crippen LogP contribution in [0.4, 0.5) is 0 Å². The fourth-order valence-corrected chi connectivity index (χ4v) is 0. The molecule has 0 aromatic heterocycles. The van der Waals surface area contributed by atoms with E-state index in [0.717, 1.165) is 13.4 Å². The van der Waals surface area contributed by atoms with Crippen molar-refractivity contribution in [3.05, 3.63) is 0 Å². The third-order valence-electron chi connectivity index (χ3n) is 0.303. The van der Waals surface area contributed by atoms with Gasteiger partial charge >= 0.3 is 20.4 Å². The number of hydrogen-bond acceptors (Lipinski definition) is 3. The van der Waals surface area contributed by atoms with Crippen molar-refractivity contribution < 1.29 is 33.0 Å². The maximum Gasteiger partial charge on any atom is 2.00 e. The Labute approximate surface area is 56.8 Å². The van der Waals surface area contributed by atoms with Crippen LogP contribution >= 0.6 is 0 Å². The molecule has 0 atom stereocenters. The van der Waals surface area contributed by atoms with Crippen molar-refractivity contribution in [2.45, 2.75) is 0 Å². The van der Waals surface area contributed by atoms with E-state index in [-0.39, 0.29) is 20.4 Å². The zero-order chi connectivity index (χ0) is 5.21. The molecule has 0 aliphatic carbocycles. The molecule has 0 heterocycles. The van der Waals surface area contributed by atoms with Crippen molar-refractivity contribution in [1.82, 2.24) is 0 Å². The van der Waals surface area contributed by atoms with Gasteiger partial charge in [-0.05, 0) is 0 Å². The average Bonchev–Trinajstić information content (AvgIpc) is 1.35. The van der Waals surface area contributed by atoms with Crippen LogP contribution in [-0.4, -0.2) is 21.8 Å². The van der Waals surface area contributed by atoms with Gasteiger partial charge in [0.2, 0.25) is 0 Å². The van der Waals surface area contributed by atoms with E-state index < -0.39 is 10.1 Å².